The molecule has 1 fully saturated rings. The van der Waals surface area contributed by atoms with Crippen LogP contribution in [0.25, 0.3) is 0 Å². The summed E-state index contributed by atoms with van der Waals surface area (Å²) in [4.78, 5) is 17.7. The normalized spacial score (nSPS) is 16.9. The molecule has 10 heteroatoms. The highest BCUT2D eigenvalue weighted by Gasteiger charge is 2.22. The molecule has 24 heavy (non-hydrogen) atoms. The summed E-state index contributed by atoms with van der Waals surface area (Å²) in [7, 11) is 1.95. The van der Waals surface area contributed by atoms with Crippen LogP contribution in [0, 0.1) is 0 Å². The molecule has 3 heterocycles. The number of aromatic nitrogens is 4. The fourth-order valence-electron chi connectivity index (χ4n) is 2.37. The molecule has 0 spiro atoms. The van der Waals surface area contributed by atoms with Crippen LogP contribution in [0.15, 0.2) is 16.7 Å². The van der Waals surface area contributed by atoms with Gasteiger partial charge in [-0.2, -0.15) is 0 Å². The van der Waals surface area contributed by atoms with Crippen molar-refractivity contribution in [1.82, 2.24) is 19.7 Å². The van der Waals surface area contributed by atoms with Crippen molar-refractivity contribution in [3.05, 3.63) is 17.4 Å². The molecule has 0 radical (unpaired) electrons. The number of carbonyl (C=O) groups excluding carboxylic acids is 1. The van der Waals surface area contributed by atoms with Gasteiger partial charge < -0.3 is 19.5 Å². The maximum absolute atomic E-state index is 12.2. The van der Waals surface area contributed by atoms with Gasteiger partial charge in [-0.3, -0.25) is 4.79 Å². The number of anilines is 1. The van der Waals surface area contributed by atoms with E-state index in [1.54, 1.807) is 6.20 Å². The summed E-state index contributed by atoms with van der Waals surface area (Å²) in [5.74, 6) is 0.847. The van der Waals surface area contributed by atoms with Crippen molar-refractivity contribution in [1.29, 1.82) is 0 Å². The number of amides is 1. The molecule has 0 aromatic carbocycles. The summed E-state index contributed by atoms with van der Waals surface area (Å²) in [5.41, 5.74) is 0. The number of morpholine rings is 1. The predicted molar refractivity (Wildman–Crippen MR) is 92.3 cm³/mol. The maximum atomic E-state index is 12.2. The number of nitrogens with one attached hydrogen (secondary N) is 2. The maximum Gasteiger partial charge on any atom is 0.239 e. The average molecular weight is 369 g/mol. The molecule has 2 N–H and O–H groups in total. The van der Waals surface area contributed by atoms with Crippen molar-refractivity contribution < 1.29 is 14.4 Å². The van der Waals surface area contributed by atoms with Crippen molar-refractivity contribution >= 4 is 34.1 Å². The number of hydrogen-bond donors (Lipinski definition) is 2. The van der Waals surface area contributed by atoms with Gasteiger partial charge in [-0.05, 0) is 6.92 Å². The van der Waals surface area contributed by atoms with E-state index in [4.69, 9.17) is 4.74 Å². The minimum atomic E-state index is -0.277. The Hall–Kier alpha value is -1.49. The van der Waals surface area contributed by atoms with Crippen LogP contribution in [0.5, 0.6) is 0 Å². The first-order chi connectivity index (χ1) is 11.6. The molecule has 0 bridgehead atoms. The highest BCUT2D eigenvalue weighted by Crippen LogP contribution is 2.22. The van der Waals surface area contributed by atoms with Crippen LogP contribution >= 0.6 is 23.1 Å². The number of hydrogen-bond acceptors (Lipinski definition) is 7. The summed E-state index contributed by atoms with van der Waals surface area (Å²) in [6.45, 7) is 6.25. The van der Waals surface area contributed by atoms with E-state index in [2.05, 4.69) is 20.5 Å². The van der Waals surface area contributed by atoms with E-state index < -0.39 is 0 Å². The average Bonchev–Trinajstić information content (AvgIpc) is 3.21. The van der Waals surface area contributed by atoms with E-state index in [0.717, 1.165) is 43.8 Å². The predicted octanol–water partition coefficient (Wildman–Crippen LogP) is -0.194. The lowest BCUT2D eigenvalue weighted by Gasteiger charge is -2.23. The van der Waals surface area contributed by atoms with Crippen LogP contribution in [0.3, 0.4) is 0 Å². The number of rotatable bonds is 6. The van der Waals surface area contributed by atoms with Crippen molar-refractivity contribution in [2.75, 3.05) is 31.6 Å². The minimum absolute atomic E-state index is 0.0849. The van der Waals surface area contributed by atoms with Crippen LogP contribution < -0.4 is 10.2 Å². The number of ether oxygens (including phenoxy) is 1. The Morgan fingerprint density at radius 1 is 1.50 bits per heavy atom. The Bertz CT molecular complexity index is 669. The second-order valence-electron chi connectivity index (χ2n) is 5.58. The number of carbonyl (C=O) groups is 1. The summed E-state index contributed by atoms with van der Waals surface area (Å²) in [5, 5.41) is 14.2. The zero-order chi connectivity index (χ0) is 16.9. The highest BCUT2D eigenvalue weighted by atomic mass is 32.2. The van der Waals surface area contributed by atoms with Crippen molar-refractivity contribution in [2.45, 2.75) is 23.9 Å². The number of thioether (sulfide) groups is 1. The zero-order valence-corrected chi connectivity index (χ0v) is 15.3. The van der Waals surface area contributed by atoms with Crippen LogP contribution in [-0.4, -0.2) is 57.2 Å². The van der Waals surface area contributed by atoms with Crippen LogP contribution in [0.2, 0.25) is 0 Å². The Morgan fingerprint density at radius 2 is 2.29 bits per heavy atom. The van der Waals surface area contributed by atoms with Crippen LogP contribution in [0.4, 0.5) is 5.13 Å². The molecule has 1 saturated heterocycles. The molecule has 0 aliphatic carbocycles. The summed E-state index contributed by atoms with van der Waals surface area (Å²) >= 11 is 2.81. The smallest absolute Gasteiger partial charge is 0.239 e. The van der Waals surface area contributed by atoms with Gasteiger partial charge >= 0.3 is 0 Å². The Morgan fingerprint density at radius 3 is 3.00 bits per heavy atom. The van der Waals surface area contributed by atoms with Crippen LogP contribution in [0.1, 0.15) is 12.7 Å². The van der Waals surface area contributed by atoms with Gasteiger partial charge in [0.15, 0.2) is 16.1 Å². The van der Waals surface area contributed by atoms with E-state index in [1.165, 1.54) is 28.0 Å². The third-order valence-electron chi connectivity index (χ3n) is 3.85. The number of nitrogens with zero attached hydrogens (tertiary/aromatic N) is 4. The Balaban J connectivity index is 1.57. The van der Waals surface area contributed by atoms with Crippen molar-refractivity contribution in [2.24, 2.45) is 7.05 Å². The second-order valence-corrected chi connectivity index (χ2v) is 7.79. The van der Waals surface area contributed by atoms with Gasteiger partial charge in [0.05, 0.1) is 18.5 Å². The molecule has 3 rings (SSSR count). The largest absolute Gasteiger partial charge is 0.370 e. The Kier molecular flexibility index (Phi) is 5.82. The summed E-state index contributed by atoms with van der Waals surface area (Å²) in [6, 6.07) is 0. The first kappa shape index (κ1) is 17.3. The minimum Gasteiger partial charge on any atom is -0.370 e. The SMILES string of the molecule is C[C@H](Sc1nnc(C[NH+]2CCOCC2)n1C)C(=O)Nc1nccs1. The first-order valence-electron chi connectivity index (χ1n) is 7.80. The monoisotopic (exact) mass is 369 g/mol. The number of quaternary nitrogens is 1. The van der Waals surface area contributed by atoms with E-state index in [0.29, 0.717) is 5.13 Å². The lowest BCUT2D eigenvalue weighted by molar-refractivity contribution is -0.922. The van der Waals surface area contributed by atoms with Gasteiger partial charge in [0, 0.05) is 18.6 Å². The molecule has 1 aliphatic heterocycles. The first-order valence-corrected chi connectivity index (χ1v) is 9.56. The molecule has 1 aliphatic rings. The lowest BCUT2D eigenvalue weighted by atomic mass is 10.4. The molecule has 1 atom stereocenters. The van der Waals surface area contributed by atoms with Gasteiger partial charge in [0.25, 0.3) is 0 Å². The number of thiazole rings is 1. The molecule has 0 saturated carbocycles. The Labute approximate surface area is 148 Å². The fraction of sp³-hybridized carbons (Fsp3) is 0.571. The molecular formula is C14H21N6O2S2+. The van der Waals surface area contributed by atoms with E-state index in [-0.39, 0.29) is 11.2 Å². The van der Waals surface area contributed by atoms with E-state index >= 15 is 0 Å². The summed E-state index contributed by atoms with van der Waals surface area (Å²) in [6.07, 6.45) is 1.67. The van der Waals surface area contributed by atoms with Crippen molar-refractivity contribution in [3.63, 3.8) is 0 Å². The molecule has 8 nitrogen and oxygen atoms in total. The molecule has 2 aromatic heterocycles. The van der Waals surface area contributed by atoms with Crippen LogP contribution in [-0.2, 0) is 23.1 Å². The van der Waals surface area contributed by atoms with E-state index in [9.17, 15) is 4.79 Å². The highest BCUT2D eigenvalue weighted by molar-refractivity contribution is 8.00. The molecule has 0 unspecified atom stereocenters. The van der Waals surface area contributed by atoms with Gasteiger partial charge in [-0.1, -0.05) is 11.8 Å². The van der Waals surface area contributed by atoms with E-state index in [1.807, 2.05) is 23.9 Å². The van der Waals surface area contributed by atoms with Gasteiger partial charge in [-0.15, -0.1) is 21.5 Å². The topological polar surface area (TPSA) is 86.4 Å². The second kappa shape index (κ2) is 8.06. The molecule has 2 aromatic rings. The fourth-order valence-corrected chi connectivity index (χ4v) is 3.73. The van der Waals surface area contributed by atoms with Gasteiger partial charge in [0.2, 0.25) is 5.91 Å². The third kappa shape index (κ3) is 4.32. The quantitative estimate of drug-likeness (QED) is 0.686. The molecule has 130 valence electrons. The van der Waals surface area contributed by atoms with Gasteiger partial charge in [-0.25, -0.2) is 4.98 Å². The van der Waals surface area contributed by atoms with Crippen molar-refractivity contribution in [3.8, 4) is 0 Å². The molecule has 1 amide bonds. The molecular weight excluding hydrogens is 348 g/mol. The summed E-state index contributed by atoms with van der Waals surface area (Å²) < 4.78 is 7.35. The van der Waals surface area contributed by atoms with Gasteiger partial charge in [0.1, 0.15) is 19.6 Å². The standard InChI is InChI=1S/C14H20N6O2S2/c1-10(12(21)16-13-15-3-8-23-13)24-14-18-17-11(19(14)2)9-20-4-6-22-7-5-20/h3,8,10H,4-7,9H2,1-2H3,(H,15,16,21)/p+1/t10-/m0/s1. The third-order valence-corrected chi connectivity index (χ3v) is 5.67. The lowest BCUT2D eigenvalue weighted by Crippen LogP contribution is -3.12. The zero-order valence-electron chi connectivity index (χ0n) is 13.7.